The van der Waals surface area contributed by atoms with E-state index in [0.717, 1.165) is 42.5 Å². The Morgan fingerprint density at radius 1 is 1.19 bits per heavy atom. The monoisotopic (exact) mass is 323 g/mol. The summed E-state index contributed by atoms with van der Waals surface area (Å²) in [5.74, 6) is -0.0856. The Morgan fingerprint density at radius 3 is 2.86 bits per heavy atom. The molecule has 0 bridgehead atoms. The molecule has 2 aromatic carbocycles. The van der Waals surface area contributed by atoms with Gasteiger partial charge in [0.25, 0.3) is 0 Å². The van der Waals surface area contributed by atoms with Crippen LogP contribution in [0.5, 0.6) is 0 Å². The van der Waals surface area contributed by atoms with Crippen LogP contribution in [0.15, 0.2) is 36.4 Å². The molecule has 1 unspecified atom stereocenters. The molecular weight excluding hydrogens is 308 g/mol. The summed E-state index contributed by atoms with van der Waals surface area (Å²) in [5, 5.41) is 4.84. The van der Waals surface area contributed by atoms with Gasteiger partial charge in [-0.2, -0.15) is 0 Å². The first-order chi connectivity index (χ1) is 10.1. The van der Waals surface area contributed by atoms with Gasteiger partial charge in [0.2, 0.25) is 0 Å². The minimum absolute atomic E-state index is 0.0856. The van der Waals surface area contributed by atoms with Gasteiger partial charge in [0.05, 0.1) is 0 Å². The summed E-state index contributed by atoms with van der Waals surface area (Å²) in [7, 11) is 0. The summed E-state index contributed by atoms with van der Waals surface area (Å²) < 4.78 is 13.7. The molecule has 0 saturated carbocycles. The molecular formula is C17H16Cl2FN. The number of fused-ring (bicyclic) bond motifs is 1. The third-order valence-corrected chi connectivity index (χ3v) is 4.60. The van der Waals surface area contributed by atoms with E-state index < -0.39 is 0 Å². The zero-order chi connectivity index (χ0) is 14.8. The van der Waals surface area contributed by atoms with Crippen molar-refractivity contribution in [3.05, 3.63) is 69.0 Å². The first kappa shape index (κ1) is 14.8. The second-order valence-electron chi connectivity index (χ2n) is 5.34. The third-order valence-electron chi connectivity index (χ3n) is 4.01. The standard InChI is InChI=1S/C17H16Cl2FN/c18-12-5-4-11(15(19)10-12)8-9-21-17-7-6-13-14(17)2-1-3-16(13)20/h1-5,10,17,21H,6-9H2. The highest BCUT2D eigenvalue weighted by atomic mass is 35.5. The van der Waals surface area contributed by atoms with Gasteiger partial charge in [0.1, 0.15) is 5.82 Å². The lowest BCUT2D eigenvalue weighted by Crippen LogP contribution is -2.22. The van der Waals surface area contributed by atoms with Crippen molar-refractivity contribution in [2.24, 2.45) is 0 Å². The Labute approximate surface area is 134 Å². The van der Waals surface area contributed by atoms with Crippen molar-refractivity contribution >= 4 is 23.2 Å². The molecule has 0 saturated heterocycles. The van der Waals surface area contributed by atoms with Crippen LogP contribution >= 0.6 is 23.2 Å². The second-order valence-corrected chi connectivity index (χ2v) is 6.18. The SMILES string of the molecule is Fc1cccc2c1CCC2NCCc1ccc(Cl)cc1Cl. The first-order valence-corrected chi connectivity index (χ1v) is 7.85. The van der Waals surface area contributed by atoms with Gasteiger partial charge < -0.3 is 5.32 Å². The second kappa shape index (κ2) is 6.35. The lowest BCUT2D eigenvalue weighted by atomic mass is 10.1. The highest BCUT2D eigenvalue weighted by Gasteiger charge is 2.24. The molecule has 21 heavy (non-hydrogen) atoms. The number of hydrogen-bond donors (Lipinski definition) is 1. The van der Waals surface area contributed by atoms with Gasteiger partial charge in [-0.3, -0.25) is 0 Å². The first-order valence-electron chi connectivity index (χ1n) is 7.10. The molecule has 0 aliphatic heterocycles. The predicted octanol–water partition coefficient (Wildman–Crippen LogP) is 4.95. The average molecular weight is 324 g/mol. The van der Waals surface area contributed by atoms with Gasteiger partial charge in [-0.1, -0.05) is 41.4 Å². The quantitative estimate of drug-likeness (QED) is 0.839. The van der Waals surface area contributed by atoms with Crippen LogP contribution in [-0.4, -0.2) is 6.54 Å². The van der Waals surface area contributed by atoms with E-state index in [-0.39, 0.29) is 11.9 Å². The van der Waals surface area contributed by atoms with Gasteiger partial charge in [0, 0.05) is 16.1 Å². The van der Waals surface area contributed by atoms with Crippen molar-refractivity contribution in [3.63, 3.8) is 0 Å². The van der Waals surface area contributed by atoms with Gasteiger partial charge in [0.15, 0.2) is 0 Å². The highest BCUT2D eigenvalue weighted by molar-refractivity contribution is 6.35. The van der Waals surface area contributed by atoms with E-state index in [9.17, 15) is 4.39 Å². The summed E-state index contributed by atoms with van der Waals surface area (Å²) in [4.78, 5) is 0. The van der Waals surface area contributed by atoms with Crippen molar-refractivity contribution in [1.29, 1.82) is 0 Å². The Morgan fingerprint density at radius 2 is 2.05 bits per heavy atom. The number of benzene rings is 2. The van der Waals surface area contributed by atoms with E-state index in [1.165, 1.54) is 6.07 Å². The summed E-state index contributed by atoms with van der Waals surface area (Å²) in [6.07, 6.45) is 2.59. The Balaban J connectivity index is 1.61. The van der Waals surface area contributed by atoms with Gasteiger partial charge in [-0.05, 0) is 60.7 Å². The largest absolute Gasteiger partial charge is 0.310 e. The molecule has 0 spiro atoms. The van der Waals surface area contributed by atoms with E-state index in [2.05, 4.69) is 5.32 Å². The number of halogens is 3. The van der Waals surface area contributed by atoms with Crippen LogP contribution in [0, 0.1) is 5.82 Å². The maximum absolute atomic E-state index is 13.7. The van der Waals surface area contributed by atoms with Crippen LogP contribution in [0.4, 0.5) is 4.39 Å². The van der Waals surface area contributed by atoms with E-state index >= 15 is 0 Å². The molecule has 0 aromatic heterocycles. The topological polar surface area (TPSA) is 12.0 Å². The molecule has 3 rings (SSSR count). The molecule has 0 fully saturated rings. The maximum Gasteiger partial charge on any atom is 0.126 e. The average Bonchev–Trinajstić information content (AvgIpc) is 2.86. The van der Waals surface area contributed by atoms with Crippen molar-refractivity contribution < 1.29 is 4.39 Å². The van der Waals surface area contributed by atoms with Crippen molar-refractivity contribution in [2.45, 2.75) is 25.3 Å². The van der Waals surface area contributed by atoms with Crippen molar-refractivity contribution in [2.75, 3.05) is 6.54 Å². The van der Waals surface area contributed by atoms with Crippen LogP contribution in [0.25, 0.3) is 0 Å². The molecule has 2 aromatic rings. The fourth-order valence-corrected chi connectivity index (χ4v) is 3.43. The molecule has 0 radical (unpaired) electrons. The van der Waals surface area contributed by atoms with Gasteiger partial charge >= 0.3 is 0 Å². The maximum atomic E-state index is 13.7. The zero-order valence-corrected chi connectivity index (χ0v) is 13.0. The fraction of sp³-hybridized carbons (Fsp3) is 0.294. The van der Waals surface area contributed by atoms with E-state index in [0.29, 0.717) is 10.0 Å². The summed E-state index contributed by atoms with van der Waals surface area (Å²) in [5.41, 5.74) is 3.03. The predicted molar refractivity (Wildman–Crippen MR) is 85.6 cm³/mol. The minimum Gasteiger partial charge on any atom is -0.310 e. The van der Waals surface area contributed by atoms with Gasteiger partial charge in [-0.15, -0.1) is 0 Å². The number of nitrogens with one attached hydrogen (secondary N) is 1. The molecule has 0 amide bonds. The molecule has 1 aliphatic rings. The minimum atomic E-state index is -0.0856. The fourth-order valence-electron chi connectivity index (χ4n) is 2.93. The molecule has 1 nitrogen and oxygen atoms in total. The summed E-state index contributed by atoms with van der Waals surface area (Å²) in [6, 6.07) is 11.1. The molecule has 1 N–H and O–H groups in total. The number of rotatable bonds is 4. The van der Waals surface area contributed by atoms with E-state index in [4.69, 9.17) is 23.2 Å². The van der Waals surface area contributed by atoms with Crippen LogP contribution < -0.4 is 5.32 Å². The number of hydrogen-bond acceptors (Lipinski definition) is 1. The highest BCUT2D eigenvalue weighted by Crippen LogP contribution is 2.32. The van der Waals surface area contributed by atoms with Crippen LogP contribution in [0.2, 0.25) is 10.0 Å². The molecule has 110 valence electrons. The lowest BCUT2D eigenvalue weighted by molar-refractivity contribution is 0.533. The zero-order valence-electron chi connectivity index (χ0n) is 11.5. The molecule has 1 atom stereocenters. The summed E-state index contributed by atoms with van der Waals surface area (Å²) >= 11 is 12.1. The Bertz CT molecular complexity index is 657. The Hall–Kier alpha value is -1.09. The molecule has 4 heteroatoms. The molecule has 1 aliphatic carbocycles. The van der Waals surface area contributed by atoms with Crippen molar-refractivity contribution in [1.82, 2.24) is 5.32 Å². The lowest BCUT2D eigenvalue weighted by Gasteiger charge is -2.14. The van der Waals surface area contributed by atoms with E-state index in [1.807, 2.05) is 18.2 Å². The van der Waals surface area contributed by atoms with Crippen molar-refractivity contribution in [3.8, 4) is 0 Å². The smallest absolute Gasteiger partial charge is 0.126 e. The van der Waals surface area contributed by atoms with Gasteiger partial charge in [-0.25, -0.2) is 4.39 Å². The van der Waals surface area contributed by atoms with Crippen LogP contribution in [-0.2, 0) is 12.8 Å². The Kier molecular flexibility index (Phi) is 4.48. The van der Waals surface area contributed by atoms with E-state index in [1.54, 1.807) is 12.1 Å². The normalized spacial score (nSPS) is 17.0. The molecule has 0 heterocycles. The van der Waals surface area contributed by atoms with Crippen LogP contribution in [0.3, 0.4) is 0 Å². The van der Waals surface area contributed by atoms with Crippen LogP contribution in [0.1, 0.15) is 29.2 Å². The summed E-state index contributed by atoms with van der Waals surface area (Å²) in [6.45, 7) is 0.808. The third kappa shape index (κ3) is 3.23.